The van der Waals surface area contributed by atoms with Crippen LogP contribution in [0, 0.1) is 5.92 Å². The Morgan fingerprint density at radius 3 is 2.38 bits per heavy atom. The molecule has 0 saturated heterocycles. The van der Waals surface area contributed by atoms with Crippen molar-refractivity contribution < 1.29 is 14.4 Å². The van der Waals surface area contributed by atoms with Crippen LogP contribution >= 0.6 is 15.9 Å². The van der Waals surface area contributed by atoms with E-state index < -0.39 is 0 Å². The van der Waals surface area contributed by atoms with E-state index >= 15 is 0 Å². The van der Waals surface area contributed by atoms with Crippen molar-refractivity contribution in [3.8, 4) is 0 Å². The summed E-state index contributed by atoms with van der Waals surface area (Å²) >= 11 is 3.38. The SMILES string of the molecule is C/C(=C\[C@H](C(C)C)N(C)C(=O)CNC=O)C(=O)NCc1ccc(Br)cc1. The fourth-order valence-corrected chi connectivity index (χ4v) is 2.69. The second kappa shape index (κ2) is 10.8. The number of nitrogens with zero attached hydrogens (tertiary/aromatic N) is 1. The fraction of sp³-hybridized carbons (Fsp3) is 0.421. The third-order valence-corrected chi connectivity index (χ3v) is 4.53. The summed E-state index contributed by atoms with van der Waals surface area (Å²) in [4.78, 5) is 36.4. The van der Waals surface area contributed by atoms with Gasteiger partial charge in [-0.15, -0.1) is 0 Å². The normalized spacial score (nSPS) is 12.5. The van der Waals surface area contributed by atoms with Gasteiger partial charge in [0.25, 0.3) is 0 Å². The highest BCUT2D eigenvalue weighted by atomic mass is 79.9. The van der Waals surface area contributed by atoms with Gasteiger partial charge in [0.05, 0.1) is 12.6 Å². The second-order valence-electron chi connectivity index (χ2n) is 6.40. The van der Waals surface area contributed by atoms with Gasteiger partial charge in [-0.05, 0) is 30.5 Å². The van der Waals surface area contributed by atoms with E-state index in [-0.39, 0.29) is 30.3 Å². The Morgan fingerprint density at radius 2 is 1.85 bits per heavy atom. The molecular weight excluding hydrogens is 398 g/mol. The van der Waals surface area contributed by atoms with Crippen LogP contribution in [0.2, 0.25) is 0 Å². The molecule has 26 heavy (non-hydrogen) atoms. The maximum Gasteiger partial charge on any atom is 0.246 e. The van der Waals surface area contributed by atoms with Crippen molar-refractivity contribution in [1.29, 1.82) is 0 Å². The summed E-state index contributed by atoms with van der Waals surface area (Å²) in [7, 11) is 1.67. The highest BCUT2D eigenvalue weighted by Crippen LogP contribution is 2.14. The van der Waals surface area contributed by atoms with Crippen LogP contribution in [0.1, 0.15) is 26.3 Å². The Morgan fingerprint density at radius 1 is 1.23 bits per heavy atom. The van der Waals surface area contributed by atoms with Gasteiger partial charge in [0.1, 0.15) is 0 Å². The molecule has 1 aromatic rings. The average molecular weight is 424 g/mol. The number of carbonyl (C=O) groups is 3. The molecule has 0 aliphatic rings. The molecule has 0 saturated carbocycles. The number of carbonyl (C=O) groups excluding carboxylic acids is 3. The first-order chi connectivity index (χ1) is 12.3. The Labute approximate surface area is 163 Å². The number of hydrogen-bond donors (Lipinski definition) is 2. The van der Waals surface area contributed by atoms with Crippen LogP contribution in [-0.4, -0.2) is 42.8 Å². The summed E-state index contributed by atoms with van der Waals surface area (Å²) in [5, 5.41) is 5.25. The van der Waals surface area contributed by atoms with Crippen molar-refractivity contribution in [3.63, 3.8) is 0 Å². The molecule has 0 radical (unpaired) electrons. The minimum Gasteiger partial charge on any atom is -0.350 e. The molecule has 0 unspecified atom stereocenters. The first-order valence-electron chi connectivity index (χ1n) is 8.40. The van der Waals surface area contributed by atoms with E-state index in [1.165, 1.54) is 0 Å². The monoisotopic (exact) mass is 423 g/mol. The zero-order valence-corrected chi connectivity index (χ0v) is 17.2. The van der Waals surface area contributed by atoms with Crippen LogP contribution in [0.3, 0.4) is 0 Å². The summed E-state index contributed by atoms with van der Waals surface area (Å²) in [6, 6.07) is 7.48. The quantitative estimate of drug-likeness (QED) is 0.472. The first kappa shape index (κ1) is 21.9. The highest BCUT2D eigenvalue weighted by Gasteiger charge is 2.22. The lowest BCUT2D eigenvalue weighted by Gasteiger charge is -2.29. The summed E-state index contributed by atoms with van der Waals surface area (Å²) in [6.45, 7) is 6.05. The molecule has 1 rings (SSSR count). The summed E-state index contributed by atoms with van der Waals surface area (Å²) in [6.07, 6.45) is 2.28. The van der Waals surface area contributed by atoms with Gasteiger partial charge in [-0.25, -0.2) is 0 Å². The molecule has 3 amide bonds. The minimum absolute atomic E-state index is 0.0636. The molecule has 0 aliphatic carbocycles. The van der Waals surface area contributed by atoms with Crippen molar-refractivity contribution in [1.82, 2.24) is 15.5 Å². The van der Waals surface area contributed by atoms with E-state index in [2.05, 4.69) is 26.6 Å². The maximum absolute atomic E-state index is 12.4. The summed E-state index contributed by atoms with van der Waals surface area (Å²) in [5.74, 6) is -0.269. The van der Waals surface area contributed by atoms with Gasteiger partial charge in [-0.2, -0.15) is 0 Å². The minimum atomic E-state index is -0.241. The average Bonchev–Trinajstić information content (AvgIpc) is 2.62. The number of rotatable bonds is 9. The van der Waals surface area contributed by atoms with Crippen molar-refractivity contribution in [2.45, 2.75) is 33.4 Å². The van der Waals surface area contributed by atoms with Gasteiger partial charge >= 0.3 is 0 Å². The topological polar surface area (TPSA) is 78.5 Å². The van der Waals surface area contributed by atoms with Crippen molar-refractivity contribution in [2.24, 2.45) is 5.92 Å². The molecule has 0 heterocycles. The van der Waals surface area contributed by atoms with E-state index in [1.54, 1.807) is 24.9 Å². The lowest BCUT2D eigenvalue weighted by Crippen LogP contribution is -2.43. The van der Waals surface area contributed by atoms with E-state index in [4.69, 9.17) is 0 Å². The van der Waals surface area contributed by atoms with E-state index in [0.29, 0.717) is 18.5 Å². The van der Waals surface area contributed by atoms with Crippen LogP contribution in [0.15, 0.2) is 40.4 Å². The third kappa shape index (κ3) is 7.00. The predicted molar refractivity (Wildman–Crippen MR) is 105 cm³/mol. The second-order valence-corrected chi connectivity index (χ2v) is 7.31. The van der Waals surface area contributed by atoms with Gasteiger partial charge in [0, 0.05) is 23.6 Å². The van der Waals surface area contributed by atoms with Gasteiger partial charge in [-0.3, -0.25) is 14.4 Å². The number of nitrogens with one attached hydrogen (secondary N) is 2. The first-order valence-corrected chi connectivity index (χ1v) is 9.19. The summed E-state index contributed by atoms with van der Waals surface area (Å²) in [5.41, 5.74) is 1.55. The van der Waals surface area contributed by atoms with Crippen LogP contribution in [0.25, 0.3) is 0 Å². The number of hydrogen-bond acceptors (Lipinski definition) is 3. The molecule has 6 nitrogen and oxygen atoms in total. The molecular formula is C19H26BrN3O3. The van der Waals surface area contributed by atoms with Crippen LogP contribution < -0.4 is 10.6 Å². The molecule has 1 aromatic carbocycles. The zero-order chi connectivity index (χ0) is 19.7. The van der Waals surface area contributed by atoms with Gasteiger partial charge < -0.3 is 15.5 Å². The number of amides is 3. The maximum atomic E-state index is 12.4. The van der Waals surface area contributed by atoms with Crippen LogP contribution in [-0.2, 0) is 20.9 Å². The molecule has 0 spiro atoms. The Bertz CT molecular complexity index is 656. The van der Waals surface area contributed by atoms with Crippen LogP contribution in [0.4, 0.5) is 0 Å². The molecule has 7 heteroatoms. The lowest BCUT2D eigenvalue weighted by atomic mass is 9.99. The zero-order valence-electron chi connectivity index (χ0n) is 15.6. The van der Waals surface area contributed by atoms with Crippen molar-refractivity contribution in [2.75, 3.05) is 13.6 Å². The molecule has 0 bridgehead atoms. The molecule has 2 N–H and O–H groups in total. The van der Waals surface area contributed by atoms with E-state index in [1.807, 2.05) is 38.1 Å². The van der Waals surface area contributed by atoms with Gasteiger partial charge in [0.15, 0.2) is 0 Å². The summed E-state index contributed by atoms with van der Waals surface area (Å²) < 4.78 is 0.986. The van der Waals surface area contributed by atoms with Crippen molar-refractivity contribution >= 4 is 34.2 Å². The number of halogens is 1. The van der Waals surface area contributed by atoms with Gasteiger partial charge in [-0.1, -0.05) is 48.0 Å². The third-order valence-electron chi connectivity index (χ3n) is 4.01. The standard InChI is InChI=1S/C19H26BrN3O3/c1-13(2)17(23(4)18(25)11-21-12-24)9-14(3)19(26)22-10-15-5-7-16(20)8-6-15/h5-9,12-13,17H,10-11H2,1-4H3,(H,21,24)(H,22,26)/b14-9+/t17-/m1/s1. The smallest absolute Gasteiger partial charge is 0.246 e. The van der Waals surface area contributed by atoms with E-state index in [9.17, 15) is 14.4 Å². The Kier molecular flexibility index (Phi) is 9.05. The number of likely N-dealkylation sites (N-methyl/N-ethyl adjacent to an activating group) is 1. The molecule has 0 aromatic heterocycles. The van der Waals surface area contributed by atoms with E-state index in [0.717, 1.165) is 10.0 Å². The largest absolute Gasteiger partial charge is 0.350 e. The predicted octanol–water partition coefficient (Wildman–Crippen LogP) is 2.24. The molecule has 1 atom stereocenters. The van der Waals surface area contributed by atoms with Gasteiger partial charge in [0.2, 0.25) is 18.2 Å². The van der Waals surface area contributed by atoms with Crippen molar-refractivity contribution in [3.05, 3.63) is 46.0 Å². The Hall–Kier alpha value is -2.15. The molecule has 0 fully saturated rings. The number of benzene rings is 1. The lowest BCUT2D eigenvalue weighted by molar-refractivity contribution is -0.132. The Balaban J connectivity index is 2.74. The highest BCUT2D eigenvalue weighted by molar-refractivity contribution is 9.10. The van der Waals surface area contributed by atoms with Crippen LogP contribution in [0.5, 0.6) is 0 Å². The molecule has 0 aliphatic heterocycles. The fourth-order valence-electron chi connectivity index (χ4n) is 2.43. The molecule has 142 valence electrons.